The van der Waals surface area contributed by atoms with Gasteiger partial charge in [0.15, 0.2) is 23.3 Å². The van der Waals surface area contributed by atoms with Crippen molar-refractivity contribution < 1.29 is 45.4 Å². The van der Waals surface area contributed by atoms with Crippen LogP contribution < -0.4 is 14.9 Å². The number of hydrogen-bond donors (Lipinski definition) is 0. The molecule has 0 unspecified atom stereocenters. The van der Waals surface area contributed by atoms with Gasteiger partial charge in [-0.2, -0.15) is 0 Å². The van der Waals surface area contributed by atoms with Crippen LogP contribution in [0.1, 0.15) is 29.3 Å². The highest BCUT2D eigenvalue weighted by atomic mass is 19.2. The van der Waals surface area contributed by atoms with Crippen molar-refractivity contribution in [2.75, 3.05) is 6.61 Å². The second kappa shape index (κ2) is 10.7. The van der Waals surface area contributed by atoms with Crippen LogP contribution in [0.25, 0.3) is 11.0 Å². The summed E-state index contributed by atoms with van der Waals surface area (Å²) in [5.74, 6) is -10.9. The van der Waals surface area contributed by atoms with E-state index in [1.165, 1.54) is 42.5 Å². The molecule has 0 spiro atoms. The molecule has 192 valence electrons. The third kappa shape index (κ3) is 5.25. The van der Waals surface area contributed by atoms with E-state index in [0.717, 1.165) is 6.26 Å². The van der Waals surface area contributed by atoms with E-state index in [1.807, 2.05) is 6.92 Å². The fourth-order valence-corrected chi connectivity index (χ4v) is 3.25. The molecule has 0 aliphatic carbocycles. The molecular formula is C26H17F5O6. The zero-order valence-electron chi connectivity index (χ0n) is 19.1. The SMILES string of the molecule is CCCOC(=O)c1ccc(Oc2coc3cc(OCc4c(F)c(F)c(F)c(F)c4F)ccc3c2=O)cc1. The minimum absolute atomic E-state index is 0.0151. The molecule has 0 aliphatic rings. The van der Waals surface area contributed by atoms with E-state index in [0.29, 0.717) is 18.6 Å². The lowest BCUT2D eigenvalue weighted by molar-refractivity contribution is 0.0505. The van der Waals surface area contributed by atoms with E-state index in [2.05, 4.69) is 0 Å². The molecule has 0 radical (unpaired) electrons. The summed E-state index contributed by atoms with van der Waals surface area (Å²) in [6, 6.07) is 9.66. The first-order chi connectivity index (χ1) is 17.7. The van der Waals surface area contributed by atoms with Gasteiger partial charge in [0.05, 0.1) is 23.1 Å². The van der Waals surface area contributed by atoms with Gasteiger partial charge in [-0.15, -0.1) is 0 Å². The van der Waals surface area contributed by atoms with Gasteiger partial charge in [-0.25, -0.2) is 26.7 Å². The number of carbonyl (C=O) groups is 1. The molecule has 0 saturated heterocycles. The van der Waals surface area contributed by atoms with Crippen LogP contribution >= 0.6 is 0 Å². The van der Waals surface area contributed by atoms with Crippen molar-refractivity contribution in [3.8, 4) is 17.2 Å². The number of benzene rings is 3. The second-order valence-corrected chi connectivity index (χ2v) is 7.69. The lowest BCUT2D eigenvalue weighted by atomic mass is 10.1. The zero-order valence-corrected chi connectivity index (χ0v) is 19.1. The smallest absolute Gasteiger partial charge is 0.338 e. The Bertz CT molecular complexity index is 1500. The van der Waals surface area contributed by atoms with Gasteiger partial charge >= 0.3 is 5.97 Å². The fraction of sp³-hybridized carbons (Fsp3) is 0.154. The number of carbonyl (C=O) groups excluding carboxylic acids is 1. The van der Waals surface area contributed by atoms with Crippen molar-refractivity contribution in [2.24, 2.45) is 0 Å². The Morgan fingerprint density at radius 1 is 0.865 bits per heavy atom. The van der Waals surface area contributed by atoms with Crippen LogP contribution in [0.15, 0.2) is 57.9 Å². The maximum atomic E-state index is 13.8. The van der Waals surface area contributed by atoms with Crippen LogP contribution in [0.5, 0.6) is 17.2 Å². The molecule has 3 aromatic carbocycles. The first kappa shape index (κ1) is 25.7. The Morgan fingerprint density at radius 2 is 1.49 bits per heavy atom. The van der Waals surface area contributed by atoms with Crippen molar-refractivity contribution in [2.45, 2.75) is 20.0 Å². The third-order valence-corrected chi connectivity index (χ3v) is 5.15. The lowest BCUT2D eigenvalue weighted by Crippen LogP contribution is -2.10. The van der Waals surface area contributed by atoms with Crippen LogP contribution in [0, 0.1) is 29.1 Å². The van der Waals surface area contributed by atoms with Gasteiger partial charge in [0.2, 0.25) is 17.0 Å². The van der Waals surface area contributed by atoms with Gasteiger partial charge in [0.1, 0.15) is 30.0 Å². The summed E-state index contributed by atoms with van der Waals surface area (Å²) in [6.07, 6.45) is 1.71. The number of halogens is 5. The van der Waals surface area contributed by atoms with E-state index in [9.17, 15) is 31.5 Å². The predicted molar refractivity (Wildman–Crippen MR) is 120 cm³/mol. The van der Waals surface area contributed by atoms with Gasteiger partial charge in [0, 0.05) is 6.07 Å². The molecule has 1 aromatic heterocycles. The molecule has 4 aromatic rings. The Labute approximate surface area is 205 Å². The largest absolute Gasteiger partial charge is 0.489 e. The highest BCUT2D eigenvalue weighted by Crippen LogP contribution is 2.27. The van der Waals surface area contributed by atoms with Crippen molar-refractivity contribution >= 4 is 16.9 Å². The molecule has 11 heteroatoms. The average molecular weight is 520 g/mol. The van der Waals surface area contributed by atoms with Crippen LogP contribution in [-0.4, -0.2) is 12.6 Å². The van der Waals surface area contributed by atoms with Crippen LogP contribution in [0.4, 0.5) is 22.0 Å². The first-order valence-corrected chi connectivity index (χ1v) is 10.8. The van der Waals surface area contributed by atoms with E-state index in [4.69, 9.17) is 18.6 Å². The maximum Gasteiger partial charge on any atom is 0.338 e. The molecule has 0 fully saturated rings. The summed E-state index contributed by atoms with van der Waals surface area (Å²) in [5, 5.41) is 0.0702. The number of fused-ring (bicyclic) bond motifs is 1. The molecule has 37 heavy (non-hydrogen) atoms. The fourth-order valence-electron chi connectivity index (χ4n) is 3.25. The van der Waals surface area contributed by atoms with Gasteiger partial charge in [-0.3, -0.25) is 4.79 Å². The van der Waals surface area contributed by atoms with Crippen molar-refractivity contribution in [1.82, 2.24) is 0 Å². The number of esters is 1. The molecule has 0 aliphatic heterocycles. The van der Waals surface area contributed by atoms with Gasteiger partial charge in [0.25, 0.3) is 0 Å². The Morgan fingerprint density at radius 3 is 2.14 bits per heavy atom. The van der Waals surface area contributed by atoms with Crippen LogP contribution in [0.3, 0.4) is 0 Å². The standard InChI is InChI=1S/C26H17F5O6/c1-2-9-34-26(33)13-3-5-14(6-4-13)37-19-12-36-18-10-15(7-8-16(18)25(19)32)35-11-17-20(27)22(29)24(31)23(30)21(17)28/h3-8,10,12H,2,9,11H2,1H3. The monoisotopic (exact) mass is 520 g/mol. The highest BCUT2D eigenvalue weighted by Gasteiger charge is 2.26. The summed E-state index contributed by atoms with van der Waals surface area (Å²) in [4.78, 5) is 24.7. The van der Waals surface area contributed by atoms with Gasteiger partial charge in [-0.1, -0.05) is 6.92 Å². The molecule has 6 nitrogen and oxygen atoms in total. The minimum atomic E-state index is -2.27. The normalized spacial score (nSPS) is 11.0. The summed E-state index contributed by atoms with van der Waals surface area (Å²) in [7, 11) is 0. The molecule has 0 atom stereocenters. The highest BCUT2D eigenvalue weighted by molar-refractivity contribution is 5.89. The van der Waals surface area contributed by atoms with Crippen molar-refractivity contribution in [3.05, 3.63) is 99.2 Å². The molecule has 0 N–H and O–H groups in total. The van der Waals surface area contributed by atoms with Crippen molar-refractivity contribution in [3.63, 3.8) is 0 Å². The summed E-state index contributed by atoms with van der Waals surface area (Å²) in [6.45, 7) is 1.19. The van der Waals surface area contributed by atoms with E-state index in [-0.39, 0.29) is 28.2 Å². The van der Waals surface area contributed by atoms with Crippen LogP contribution in [-0.2, 0) is 11.3 Å². The van der Waals surface area contributed by atoms with E-state index >= 15 is 0 Å². The maximum absolute atomic E-state index is 13.8. The number of rotatable bonds is 8. The molecule has 0 saturated carbocycles. The van der Waals surface area contributed by atoms with Crippen LogP contribution in [0.2, 0.25) is 0 Å². The molecule has 4 rings (SSSR count). The van der Waals surface area contributed by atoms with Crippen molar-refractivity contribution in [1.29, 1.82) is 0 Å². The van der Waals surface area contributed by atoms with E-state index < -0.39 is 52.7 Å². The lowest BCUT2D eigenvalue weighted by Gasteiger charge is -2.11. The first-order valence-electron chi connectivity index (χ1n) is 10.8. The summed E-state index contributed by atoms with van der Waals surface area (Å²) in [5.41, 5.74) is -1.38. The quantitative estimate of drug-likeness (QED) is 0.115. The van der Waals surface area contributed by atoms with Gasteiger partial charge < -0.3 is 18.6 Å². The Balaban J connectivity index is 1.51. The molecular weight excluding hydrogens is 503 g/mol. The third-order valence-electron chi connectivity index (χ3n) is 5.15. The topological polar surface area (TPSA) is 75.0 Å². The number of hydrogen-bond acceptors (Lipinski definition) is 6. The summed E-state index contributed by atoms with van der Waals surface area (Å²) < 4.78 is 88.8. The molecule has 0 amide bonds. The van der Waals surface area contributed by atoms with Gasteiger partial charge in [-0.05, 0) is 42.8 Å². The Hall–Kier alpha value is -4.41. The molecule has 1 heterocycles. The predicted octanol–water partition coefficient (Wildman–Crippen LogP) is 6.43. The average Bonchev–Trinajstić information content (AvgIpc) is 2.91. The zero-order chi connectivity index (χ0) is 26.7. The minimum Gasteiger partial charge on any atom is -0.489 e. The Kier molecular flexibility index (Phi) is 7.42. The summed E-state index contributed by atoms with van der Waals surface area (Å²) >= 11 is 0. The number of ether oxygens (including phenoxy) is 3. The molecule has 0 bridgehead atoms. The van der Waals surface area contributed by atoms with E-state index in [1.54, 1.807) is 0 Å². The second-order valence-electron chi connectivity index (χ2n) is 7.69.